The average Bonchev–Trinajstić information content (AvgIpc) is 2.53. The predicted molar refractivity (Wildman–Crippen MR) is 85.4 cm³/mol. The fourth-order valence-electron chi connectivity index (χ4n) is 2.94. The van der Waals surface area contributed by atoms with Crippen LogP contribution in [-0.4, -0.2) is 5.91 Å². The molecule has 0 aliphatic heterocycles. The van der Waals surface area contributed by atoms with E-state index in [1.807, 2.05) is 36.4 Å². The second kappa shape index (κ2) is 6.31. The van der Waals surface area contributed by atoms with Crippen molar-refractivity contribution < 1.29 is 4.79 Å². The SMILES string of the molecule is O=C(NCc1ccc(Cl)cc1)C1CCCc2ccccc21. The molecule has 0 bridgehead atoms. The molecule has 0 heterocycles. The van der Waals surface area contributed by atoms with Gasteiger partial charge in [0.1, 0.15) is 0 Å². The van der Waals surface area contributed by atoms with Gasteiger partial charge in [0, 0.05) is 11.6 Å². The molecule has 1 atom stereocenters. The Kier molecular flexibility index (Phi) is 4.26. The fourth-order valence-corrected chi connectivity index (χ4v) is 3.07. The Labute approximate surface area is 130 Å². The summed E-state index contributed by atoms with van der Waals surface area (Å²) in [6.45, 7) is 0.550. The normalized spacial score (nSPS) is 17.1. The zero-order valence-electron chi connectivity index (χ0n) is 11.8. The highest BCUT2D eigenvalue weighted by Crippen LogP contribution is 2.31. The number of aryl methyl sites for hydroxylation is 1. The third-order valence-electron chi connectivity index (χ3n) is 4.07. The molecule has 0 saturated carbocycles. The molecule has 0 radical (unpaired) electrons. The van der Waals surface area contributed by atoms with Crippen LogP contribution in [0.3, 0.4) is 0 Å². The lowest BCUT2D eigenvalue weighted by Gasteiger charge is -2.24. The quantitative estimate of drug-likeness (QED) is 0.909. The third-order valence-corrected chi connectivity index (χ3v) is 4.32. The molecule has 1 aliphatic rings. The van der Waals surface area contributed by atoms with Gasteiger partial charge in [-0.25, -0.2) is 0 Å². The van der Waals surface area contributed by atoms with Crippen LogP contribution in [0.15, 0.2) is 48.5 Å². The highest BCUT2D eigenvalue weighted by molar-refractivity contribution is 6.30. The van der Waals surface area contributed by atoms with E-state index in [9.17, 15) is 4.79 Å². The number of carbonyl (C=O) groups excluding carboxylic acids is 1. The summed E-state index contributed by atoms with van der Waals surface area (Å²) in [7, 11) is 0. The molecule has 2 aromatic carbocycles. The monoisotopic (exact) mass is 299 g/mol. The van der Waals surface area contributed by atoms with Gasteiger partial charge in [-0.15, -0.1) is 0 Å². The van der Waals surface area contributed by atoms with E-state index in [-0.39, 0.29) is 11.8 Å². The molecule has 1 N–H and O–H groups in total. The van der Waals surface area contributed by atoms with Crippen LogP contribution < -0.4 is 5.32 Å². The summed E-state index contributed by atoms with van der Waals surface area (Å²) < 4.78 is 0. The van der Waals surface area contributed by atoms with E-state index >= 15 is 0 Å². The van der Waals surface area contributed by atoms with Crippen LogP contribution in [0, 0.1) is 0 Å². The minimum Gasteiger partial charge on any atom is -0.351 e. The molecule has 2 nitrogen and oxygen atoms in total. The van der Waals surface area contributed by atoms with Gasteiger partial charge in [-0.1, -0.05) is 48.0 Å². The molecule has 0 fully saturated rings. The van der Waals surface area contributed by atoms with E-state index in [2.05, 4.69) is 17.4 Å². The first-order valence-electron chi connectivity index (χ1n) is 7.34. The van der Waals surface area contributed by atoms with Crippen molar-refractivity contribution in [2.24, 2.45) is 0 Å². The Morgan fingerprint density at radius 2 is 1.90 bits per heavy atom. The number of hydrogen-bond donors (Lipinski definition) is 1. The van der Waals surface area contributed by atoms with E-state index in [0.717, 1.165) is 24.8 Å². The lowest BCUT2D eigenvalue weighted by molar-refractivity contribution is -0.123. The van der Waals surface area contributed by atoms with Crippen molar-refractivity contribution in [2.45, 2.75) is 31.7 Å². The lowest BCUT2D eigenvalue weighted by Crippen LogP contribution is -2.31. The summed E-state index contributed by atoms with van der Waals surface area (Å²) in [5, 5.41) is 3.76. The summed E-state index contributed by atoms with van der Waals surface area (Å²) in [4.78, 5) is 12.5. The molecule has 3 heteroatoms. The smallest absolute Gasteiger partial charge is 0.227 e. The maximum absolute atomic E-state index is 12.5. The number of benzene rings is 2. The van der Waals surface area contributed by atoms with Crippen molar-refractivity contribution in [1.29, 1.82) is 0 Å². The molecule has 0 spiro atoms. The van der Waals surface area contributed by atoms with Gasteiger partial charge in [0.25, 0.3) is 0 Å². The maximum atomic E-state index is 12.5. The second-order valence-electron chi connectivity index (χ2n) is 5.49. The number of amides is 1. The molecule has 3 rings (SSSR count). The predicted octanol–water partition coefficient (Wildman–Crippen LogP) is 4.08. The number of halogens is 1. The topological polar surface area (TPSA) is 29.1 Å². The lowest BCUT2D eigenvalue weighted by atomic mass is 9.82. The van der Waals surface area contributed by atoms with E-state index in [1.165, 1.54) is 11.1 Å². The summed E-state index contributed by atoms with van der Waals surface area (Å²) >= 11 is 5.86. The Hall–Kier alpha value is -1.80. The third kappa shape index (κ3) is 3.27. The standard InChI is InChI=1S/C18H18ClNO/c19-15-10-8-13(9-11-15)12-20-18(21)17-7-3-5-14-4-1-2-6-16(14)17/h1-2,4,6,8-11,17H,3,5,7,12H2,(H,20,21). The number of fused-ring (bicyclic) bond motifs is 1. The Morgan fingerprint density at radius 1 is 1.14 bits per heavy atom. The molecular formula is C18H18ClNO. The molecule has 0 aromatic heterocycles. The molecule has 1 amide bonds. The molecule has 1 unspecified atom stereocenters. The summed E-state index contributed by atoms with van der Waals surface area (Å²) in [6, 6.07) is 15.9. The molecular weight excluding hydrogens is 282 g/mol. The Balaban J connectivity index is 1.68. The van der Waals surface area contributed by atoms with Gasteiger partial charge < -0.3 is 5.32 Å². The molecule has 0 saturated heterocycles. The first-order chi connectivity index (χ1) is 10.2. The van der Waals surface area contributed by atoms with Crippen LogP contribution >= 0.6 is 11.6 Å². The molecule has 21 heavy (non-hydrogen) atoms. The van der Waals surface area contributed by atoms with Crippen LogP contribution in [-0.2, 0) is 17.8 Å². The molecule has 108 valence electrons. The zero-order chi connectivity index (χ0) is 14.7. The van der Waals surface area contributed by atoms with Gasteiger partial charge >= 0.3 is 0 Å². The zero-order valence-corrected chi connectivity index (χ0v) is 12.6. The summed E-state index contributed by atoms with van der Waals surface area (Å²) in [5.74, 6) is 0.111. The van der Waals surface area contributed by atoms with Crippen LogP contribution in [0.1, 0.15) is 35.4 Å². The van der Waals surface area contributed by atoms with Crippen molar-refractivity contribution in [2.75, 3.05) is 0 Å². The first kappa shape index (κ1) is 14.2. The van der Waals surface area contributed by atoms with Crippen LogP contribution in [0.5, 0.6) is 0 Å². The average molecular weight is 300 g/mol. The fraction of sp³-hybridized carbons (Fsp3) is 0.278. The van der Waals surface area contributed by atoms with E-state index in [4.69, 9.17) is 11.6 Å². The second-order valence-corrected chi connectivity index (χ2v) is 5.92. The van der Waals surface area contributed by atoms with Crippen molar-refractivity contribution >= 4 is 17.5 Å². The highest BCUT2D eigenvalue weighted by Gasteiger charge is 2.25. The van der Waals surface area contributed by atoms with E-state index in [0.29, 0.717) is 11.6 Å². The maximum Gasteiger partial charge on any atom is 0.227 e. The Bertz CT molecular complexity index is 636. The van der Waals surface area contributed by atoms with Crippen LogP contribution in [0.4, 0.5) is 0 Å². The van der Waals surface area contributed by atoms with Gasteiger partial charge in [0.05, 0.1) is 5.92 Å². The summed E-state index contributed by atoms with van der Waals surface area (Å²) in [6.07, 6.45) is 3.09. The summed E-state index contributed by atoms with van der Waals surface area (Å²) in [5.41, 5.74) is 3.57. The van der Waals surface area contributed by atoms with Crippen molar-refractivity contribution in [3.63, 3.8) is 0 Å². The van der Waals surface area contributed by atoms with Gasteiger partial charge in [-0.2, -0.15) is 0 Å². The highest BCUT2D eigenvalue weighted by atomic mass is 35.5. The minimum absolute atomic E-state index is 0.0118. The van der Waals surface area contributed by atoms with Gasteiger partial charge in [-0.3, -0.25) is 4.79 Å². The number of rotatable bonds is 3. The van der Waals surface area contributed by atoms with Crippen molar-refractivity contribution in [3.8, 4) is 0 Å². The number of nitrogens with one attached hydrogen (secondary N) is 1. The van der Waals surface area contributed by atoms with Gasteiger partial charge in [0.2, 0.25) is 5.91 Å². The Morgan fingerprint density at radius 3 is 2.71 bits per heavy atom. The van der Waals surface area contributed by atoms with E-state index in [1.54, 1.807) is 0 Å². The van der Waals surface area contributed by atoms with Crippen molar-refractivity contribution in [3.05, 3.63) is 70.2 Å². The van der Waals surface area contributed by atoms with Gasteiger partial charge in [-0.05, 0) is 48.1 Å². The molecule has 2 aromatic rings. The van der Waals surface area contributed by atoms with Crippen LogP contribution in [0.2, 0.25) is 5.02 Å². The number of hydrogen-bond acceptors (Lipinski definition) is 1. The molecule has 1 aliphatic carbocycles. The van der Waals surface area contributed by atoms with Gasteiger partial charge in [0.15, 0.2) is 0 Å². The van der Waals surface area contributed by atoms with Crippen molar-refractivity contribution in [1.82, 2.24) is 5.32 Å². The van der Waals surface area contributed by atoms with E-state index < -0.39 is 0 Å². The minimum atomic E-state index is -0.0118. The van der Waals surface area contributed by atoms with Crippen LogP contribution in [0.25, 0.3) is 0 Å². The first-order valence-corrected chi connectivity index (χ1v) is 7.72. The number of carbonyl (C=O) groups is 1. The largest absolute Gasteiger partial charge is 0.351 e.